The first-order chi connectivity index (χ1) is 13.5. The van der Waals surface area contributed by atoms with E-state index in [1.165, 1.54) is 12.1 Å². The molecule has 0 aliphatic carbocycles. The van der Waals surface area contributed by atoms with Gasteiger partial charge in [0, 0.05) is 35.7 Å². The summed E-state index contributed by atoms with van der Waals surface area (Å²) in [5.41, 5.74) is 0.768. The second-order valence-electron chi connectivity index (χ2n) is 7.01. The molecule has 1 heterocycles. The normalized spacial score (nSPS) is 14.8. The molecule has 0 saturated carbocycles. The lowest BCUT2D eigenvalue weighted by atomic mass is 10.0. The highest BCUT2D eigenvalue weighted by molar-refractivity contribution is 9.10. The molecule has 0 radical (unpaired) electrons. The topological polar surface area (TPSA) is 40.6 Å². The van der Waals surface area contributed by atoms with Crippen LogP contribution in [0.3, 0.4) is 0 Å². The number of likely N-dealkylation sites (tertiary alicyclic amines) is 1. The molecule has 28 heavy (non-hydrogen) atoms. The van der Waals surface area contributed by atoms with Crippen molar-refractivity contribution in [2.75, 3.05) is 19.6 Å². The number of amides is 2. The van der Waals surface area contributed by atoms with E-state index in [2.05, 4.69) is 15.9 Å². The highest BCUT2D eigenvalue weighted by Crippen LogP contribution is 2.23. The smallest absolute Gasteiger partial charge is 0.257 e. The molecule has 4 nitrogen and oxygen atoms in total. The van der Waals surface area contributed by atoms with E-state index in [9.17, 15) is 14.0 Å². The molecule has 6 heteroatoms. The van der Waals surface area contributed by atoms with Crippen LogP contribution in [-0.4, -0.2) is 47.3 Å². The number of carbonyl (C=O) groups is 2. The number of piperidine rings is 1. The van der Waals surface area contributed by atoms with Crippen molar-refractivity contribution in [1.82, 2.24) is 9.80 Å². The minimum atomic E-state index is -0.508. The van der Waals surface area contributed by atoms with Crippen LogP contribution in [0.4, 0.5) is 4.39 Å². The molecule has 0 bridgehead atoms. The minimum Gasteiger partial charge on any atom is -0.338 e. The van der Waals surface area contributed by atoms with Gasteiger partial charge in [0.25, 0.3) is 11.8 Å². The van der Waals surface area contributed by atoms with Crippen LogP contribution >= 0.6 is 15.9 Å². The first-order valence-corrected chi connectivity index (χ1v) is 10.4. The monoisotopic (exact) mass is 446 g/mol. The van der Waals surface area contributed by atoms with Crippen molar-refractivity contribution < 1.29 is 14.0 Å². The summed E-state index contributed by atoms with van der Waals surface area (Å²) in [6.07, 6.45) is 2.18. The Bertz CT molecular complexity index is 836. The van der Waals surface area contributed by atoms with Gasteiger partial charge in [0.1, 0.15) is 5.82 Å². The Labute approximate surface area is 173 Å². The fourth-order valence-electron chi connectivity index (χ4n) is 3.65. The second-order valence-corrected chi connectivity index (χ2v) is 7.93. The fourth-order valence-corrected chi connectivity index (χ4v) is 4.01. The molecular weight excluding hydrogens is 423 g/mol. The number of rotatable bonds is 5. The molecule has 148 valence electrons. The predicted molar refractivity (Wildman–Crippen MR) is 111 cm³/mol. The molecule has 0 atom stereocenters. The molecule has 0 spiro atoms. The summed E-state index contributed by atoms with van der Waals surface area (Å²) in [5.74, 6) is -0.773. The summed E-state index contributed by atoms with van der Waals surface area (Å²) in [4.78, 5) is 29.3. The van der Waals surface area contributed by atoms with E-state index < -0.39 is 5.82 Å². The van der Waals surface area contributed by atoms with Crippen LogP contribution in [0.2, 0.25) is 0 Å². The molecule has 2 aromatic rings. The van der Waals surface area contributed by atoms with Gasteiger partial charge in [0.2, 0.25) is 0 Å². The second kappa shape index (κ2) is 9.32. The van der Waals surface area contributed by atoms with Crippen molar-refractivity contribution in [2.24, 2.45) is 0 Å². The van der Waals surface area contributed by atoms with Gasteiger partial charge in [-0.05, 0) is 49.6 Å². The first-order valence-electron chi connectivity index (χ1n) is 9.61. The molecule has 3 rings (SSSR count). The zero-order valence-electron chi connectivity index (χ0n) is 15.9. The maximum atomic E-state index is 14.2. The predicted octanol–water partition coefficient (Wildman–Crippen LogP) is 4.75. The number of carbonyl (C=O) groups excluding carboxylic acids is 2. The molecule has 1 aliphatic rings. The lowest BCUT2D eigenvalue weighted by molar-refractivity contribution is 0.0516. The van der Waals surface area contributed by atoms with Crippen LogP contribution in [0, 0.1) is 5.82 Å². The Balaban J connectivity index is 1.70. The Kier molecular flexibility index (Phi) is 6.83. The maximum absolute atomic E-state index is 14.2. The van der Waals surface area contributed by atoms with Crippen LogP contribution in [0.25, 0.3) is 0 Å². The van der Waals surface area contributed by atoms with E-state index in [0.29, 0.717) is 42.5 Å². The molecule has 0 N–H and O–H groups in total. The summed E-state index contributed by atoms with van der Waals surface area (Å²) >= 11 is 3.31. The van der Waals surface area contributed by atoms with Gasteiger partial charge in [0.05, 0.1) is 5.56 Å². The standard InChI is InChI=1S/C22H24BrFN2O2/c1-2-12-26(22(28)19-15-17(23)8-9-20(19)24)18-10-13-25(14-11-18)21(27)16-6-4-3-5-7-16/h3-9,15,18H,2,10-14H2,1H3. The third kappa shape index (κ3) is 4.61. The van der Waals surface area contributed by atoms with Gasteiger partial charge in [-0.2, -0.15) is 0 Å². The van der Waals surface area contributed by atoms with E-state index in [-0.39, 0.29) is 23.4 Å². The summed E-state index contributed by atoms with van der Waals surface area (Å²) in [6, 6.07) is 13.7. The highest BCUT2D eigenvalue weighted by atomic mass is 79.9. The van der Waals surface area contributed by atoms with Gasteiger partial charge in [-0.25, -0.2) is 4.39 Å². The average Bonchev–Trinajstić information content (AvgIpc) is 2.73. The maximum Gasteiger partial charge on any atom is 0.257 e. The van der Waals surface area contributed by atoms with Gasteiger partial charge in [-0.1, -0.05) is 41.1 Å². The fraction of sp³-hybridized carbons (Fsp3) is 0.364. The number of benzene rings is 2. The lowest BCUT2D eigenvalue weighted by Gasteiger charge is -2.38. The van der Waals surface area contributed by atoms with Crippen molar-refractivity contribution >= 4 is 27.7 Å². The van der Waals surface area contributed by atoms with Crippen LogP contribution in [0.15, 0.2) is 53.0 Å². The van der Waals surface area contributed by atoms with E-state index in [4.69, 9.17) is 0 Å². The average molecular weight is 447 g/mol. The third-order valence-electron chi connectivity index (χ3n) is 5.10. The Morgan fingerprint density at radius 3 is 2.46 bits per heavy atom. The largest absolute Gasteiger partial charge is 0.338 e. The zero-order valence-corrected chi connectivity index (χ0v) is 17.5. The van der Waals surface area contributed by atoms with Gasteiger partial charge in [-0.15, -0.1) is 0 Å². The number of hydrogen-bond donors (Lipinski definition) is 0. The molecule has 2 aromatic carbocycles. The van der Waals surface area contributed by atoms with Gasteiger partial charge in [-0.3, -0.25) is 9.59 Å². The van der Waals surface area contributed by atoms with Gasteiger partial charge in [0.15, 0.2) is 0 Å². The van der Waals surface area contributed by atoms with Gasteiger partial charge < -0.3 is 9.80 Å². The summed E-state index contributed by atoms with van der Waals surface area (Å²) in [6.45, 7) is 3.76. The summed E-state index contributed by atoms with van der Waals surface area (Å²) < 4.78 is 14.9. The summed E-state index contributed by atoms with van der Waals surface area (Å²) in [5, 5.41) is 0. The molecule has 0 aromatic heterocycles. The third-order valence-corrected chi connectivity index (χ3v) is 5.59. The van der Waals surface area contributed by atoms with Crippen LogP contribution < -0.4 is 0 Å². The van der Waals surface area contributed by atoms with Gasteiger partial charge >= 0.3 is 0 Å². The van der Waals surface area contributed by atoms with E-state index >= 15 is 0 Å². The zero-order chi connectivity index (χ0) is 20.1. The Morgan fingerprint density at radius 2 is 1.82 bits per heavy atom. The number of nitrogens with zero attached hydrogens (tertiary/aromatic N) is 2. The van der Waals surface area contributed by atoms with E-state index in [1.807, 2.05) is 42.2 Å². The van der Waals surface area contributed by atoms with Crippen molar-refractivity contribution in [1.29, 1.82) is 0 Å². The lowest BCUT2D eigenvalue weighted by Crippen LogP contribution is -2.49. The Hall–Kier alpha value is -2.21. The SMILES string of the molecule is CCCN(C(=O)c1cc(Br)ccc1F)C1CCN(C(=O)c2ccccc2)CC1. The first kappa shape index (κ1) is 20.5. The molecular formula is C22H24BrFN2O2. The van der Waals surface area contributed by atoms with E-state index in [0.717, 1.165) is 6.42 Å². The minimum absolute atomic E-state index is 0.00524. The summed E-state index contributed by atoms with van der Waals surface area (Å²) in [7, 11) is 0. The molecule has 0 unspecified atom stereocenters. The van der Waals surface area contributed by atoms with Crippen molar-refractivity contribution in [3.05, 3.63) is 69.9 Å². The van der Waals surface area contributed by atoms with Crippen LogP contribution in [-0.2, 0) is 0 Å². The highest BCUT2D eigenvalue weighted by Gasteiger charge is 2.31. The van der Waals surface area contributed by atoms with Crippen molar-refractivity contribution in [2.45, 2.75) is 32.2 Å². The van der Waals surface area contributed by atoms with Crippen LogP contribution in [0.5, 0.6) is 0 Å². The van der Waals surface area contributed by atoms with E-state index in [1.54, 1.807) is 11.0 Å². The Morgan fingerprint density at radius 1 is 1.14 bits per heavy atom. The molecule has 1 fully saturated rings. The van der Waals surface area contributed by atoms with Crippen molar-refractivity contribution in [3.8, 4) is 0 Å². The molecule has 1 aliphatic heterocycles. The molecule has 1 saturated heterocycles. The van der Waals surface area contributed by atoms with Crippen LogP contribution in [0.1, 0.15) is 46.9 Å². The van der Waals surface area contributed by atoms with Crippen molar-refractivity contribution in [3.63, 3.8) is 0 Å². The number of hydrogen-bond acceptors (Lipinski definition) is 2. The quantitative estimate of drug-likeness (QED) is 0.664. The number of halogens is 2. The molecule has 2 amide bonds.